The Bertz CT molecular complexity index is 361. The zero-order valence-corrected chi connectivity index (χ0v) is 8.22. The highest BCUT2D eigenvalue weighted by Crippen LogP contribution is 2.20. The van der Waals surface area contributed by atoms with E-state index in [0.717, 1.165) is 0 Å². The molecule has 0 aliphatic heterocycles. The molecule has 0 aromatic rings. The molecule has 0 aromatic carbocycles. The zero-order chi connectivity index (χ0) is 11.3. The molecule has 0 saturated carbocycles. The van der Waals surface area contributed by atoms with Crippen molar-refractivity contribution in [3.8, 4) is 24.7 Å². The molecule has 0 fully saturated rings. The van der Waals surface area contributed by atoms with Crippen LogP contribution in [0.1, 0.15) is 6.42 Å². The van der Waals surface area contributed by atoms with Crippen molar-refractivity contribution in [1.82, 2.24) is 0 Å². The summed E-state index contributed by atoms with van der Waals surface area (Å²) in [6.45, 7) is 0. The first-order valence-corrected chi connectivity index (χ1v) is 4.53. The molecule has 0 amide bonds. The predicted octanol–water partition coefficient (Wildman–Crippen LogP) is 0.787. The maximum atomic E-state index is 9.48. The Kier molecular flexibility index (Phi) is 3.94. The minimum absolute atomic E-state index is 0.393. The molecule has 15 heavy (non-hydrogen) atoms. The van der Waals surface area contributed by atoms with Crippen LogP contribution in [0.3, 0.4) is 0 Å². The molecule has 0 aromatic heterocycles. The van der Waals surface area contributed by atoms with E-state index in [4.69, 9.17) is 12.8 Å². The van der Waals surface area contributed by atoms with Crippen molar-refractivity contribution in [3.05, 3.63) is 35.5 Å². The van der Waals surface area contributed by atoms with E-state index in [-0.39, 0.29) is 0 Å². The third kappa shape index (κ3) is 2.86. The maximum Gasteiger partial charge on any atom is 0.136 e. The molecular formula is C13H12O2. The van der Waals surface area contributed by atoms with Crippen molar-refractivity contribution in [2.75, 3.05) is 0 Å². The van der Waals surface area contributed by atoms with Crippen molar-refractivity contribution in [1.29, 1.82) is 0 Å². The molecule has 0 saturated heterocycles. The quantitative estimate of drug-likeness (QED) is 0.647. The van der Waals surface area contributed by atoms with Crippen molar-refractivity contribution in [3.63, 3.8) is 0 Å². The fraction of sp³-hybridized carbons (Fsp3) is 0.231. The average Bonchev–Trinajstić information content (AvgIpc) is 2.52. The summed E-state index contributed by atoms with van der Waals surface area (Å²) in [5.41, 5.74) is 1.32. The third-order valence-corrected chi connectivity index (χ3v) is 2.16. The van der Waals surface area contributed by atoms with Crippen LogP contribution in [0.25, 0.3) is 0 Å². The molecule has 1 aliphatic carbocycles. The van der Waals surface area contributed by atoms with Gasteiger partial charge in [0.1, 0.15) is 12.2 Å². The molecule has 0 bridgehead atoms. The monoisotopic (exact) mass is 200 g/mol. The van der Waals surface area contributed by atoms with Gasteiger partial charge in [0.05, 0.1) is 0 Å². The van der Waals surface area contributed by atoms with Gasteiger partial charge in [0.15, 0.2) is 0 Å². The summed E-state index contributed by atoms with van der Waals surface area (Å²) in [5, 5.41) is 19.0. The van der Waals surface area contributed by atoms with Crippen molar-refractivity contribution >= 4 is 0 Å². The molecule has 1 aliphatic rings. The lowest BCUT2D eigenvalue weighted by Crippen LogP contribution is -2.13. The van der Waals surface area contributed by atoms with Gasteiger partial charge in [-0.1, -0.05) is 36.1 Å². The number of hydrogen-bond acceptors (Lipinski definition) is 2. The van der Waals surface area contributed by atoms with Crippen LogP contribution < -0.4 is 0 Å². The van der Waals surface area contributed by atoms with Gasteiger partial charge in [-0.15, -0.1) is 12.8 Å². The summed E-state index contributed by atoms with van der Waals surface area (Å²) >= 11 is 0. The topological polar surface area (TPSA) is 40.5 Å². The summed E-state index contributed by atoms with van der Waals surface area (Å²) in [6, 6.07) is 0. The third-order valence-electron chi connectivity index (χ3n) is 2.16. The molecule has 2 atom stereocenters. The van der Waals surface area contributed by atoms with E-state index in [1.54, 1.807) is 24.3 Å². The number of aliphatic hydroxyl groups is 2. The van der Waals surface area contributed by atoms with E-state index in [1.165, 1.54) is 0 Å². The van der Waals surface area contributed by atoms with Gasteiger partial charge >= 0.3 is 0 Å². The maximum absolute atomic E-state index is 9.48. The number of allylic oxidation sites excluding steroid dienone is 4. The van der Waals surface area contributed by atoms with E-state index in [0.29, 0.717) is 17.6 Å². The summed E-state index contributed by atoms with van der Waals surface area (Å²) in [4.78, 5) is 0. The van der Waals surface area contributed by atoms with Gasteiger partial charge in [-0.25, -0.2) is 0 Å². The molecule has 2 nitrogen and oxygen atoms in total. The first kappa shape index (κ1) is 11.3. The molecule has 0 spiro atoms. The lowest BCUT2D eigenvalue weighted by molar-refractivity contribution is 0.252. The van der Waals surface area contributed by atoms with Crippen LogP contribution in [0.15, 0.2) is 35.5 Å². The predicted molar refractivity (Wildman–Crippen MR) is 59.6 cm³/mol. The highest BCUT2D eigenvalue weighted by atomic mass is 16.3. The van der Waals surface area contributed by atoms with Crippen LogP contribution in [0, 0.1) is 24.7 Å². The van der Waals surface area contributed by atoms with Crippen LogP contribution >= 0.6 is 0 Å². The average molecular weight is 200 g/mol. The fourth-order valence-corrected chi connectivity index (χ4v) is 1.30. The van der Waals surface area contributed by atoms with Gasteiger partial charge in [0, 0.05) is 0 Å². The lowest BCUT2D eigenvalue weighted by atomic mass is 9.98. The Morgan fingerprint density at radius 2 is 1.40 bits per heavy atom. The second-order valence-corrected chi connectivity index (χ2v) is 3.18. The standard InChI is InChI=1S/C13H12O2/c1-3-12(14)10-7-5-6-8-11(9-10)13(15)4-2/h1-2,5-8,12-15H,9H2/t12-,13-/m1/s1. The minimum atomic E-state index is -0.930. The van der Waals surface area contributed by atoms with E-state index in [9.17, 15) is 10.2 Å². The van der Waals surface area contributed by atoms with Gasteiger partial charge in [-0.05, 0) is 17.6 Å². The SMILES string of the molecule is C#C[C@@H](O)C1=CC=CC=C([C@H](O)C#C)C1. The molecule has 0 heterocycles. The summed E-state index contributed by atoms with van der Waals surface area (Å²) in [5.74, 6) is 4.47. The molecule has 0 unspecified atom stereocenters. The summed E-state index contributed by atoms with van der Waals surface area (Å²) < 4.78 is 0. The van der Waals surface area contributed by atoms with Crippen molar-refractivity contribution < 1.29 is 10.2 Å². The Hall–Kier alpha value is -1.74. The van der Waals surface area contributed by atoms with Crippen LogP contribution in [-0.2, 0) is 0 Å². The van der Waals surface area contributed by atoms with E-state index < -0.39 is 12.2 Å². The Balaban J connectivity index is 2.89. The molecule has 2 N–H and O–H groups in total. The number of aliphatic hydroxyl groups excluding tert-OH is 2. The molecular weight excluding hydrogens is 188 g/mol. The molecule has 2 heteroatoms. The van der Waals surface area contributed by atoms with Gasteiger partial charge < -0.3 is 10.2 Å². The van der Waals surface area contributed by atoms with Crippen molar-refractivity contribution in [2.24, 2.45) is 0 Å². The van der Waals surface area contributed by atoms with Gasteiger partial charge in [0.2, 0.25) is 0 Å². The second kappa shape index (κ2) is 5.22. The van der Waals surface area contributed by atoms with Crippen LogP contribution in [0.4, 0.5) is 0 Å². The summed E-state index contributed by atoms with van der Waals surface area (Å²) in [7, 11) is 0. The fourth-order valence-electron chi connectivity index (χ4n) is 1.30. The first-order valence-electron chi connectivity index (χ1n) is 4.53. The molecule has 76 valence electrons. The Morgan fingerprint density at radius 3 is 1.73 bits per heavy atom. The van der Waals surface area contributed by atoms with Crippen LogP contribution in [-0.4, -0.2) is 22.4 Å². The molecule has 1 rings (SSSR count). The van der Waals surface area contributed by atoms with Crippen LogP contribution in [0.5, 0.6) is 0 Å². The lowest BCUT2D eigenvalue weighted by Gasteiger charge is -2.12. The van der Waals surface area contributed by atoms with Crippen molar-refractivity contribution in [2.45, 2.75) is 18.6 Å². The first-order chi connectivity index (χ1) is 7.19. The largest absolute Gasteiger partial charge is 0.376 e. The smallest absolute Gasteiger partial charge is 0.136 e. The zero-order valence-electron chi connectivity index (χ0n) is 8.22. The Morgan fingerprint density at radius 1 is 1.00 bits per heavy atom. The molecule has 0 radical (unpaired) electrons. The van der Waals surface area contributed by atoms with Gasteiger partial charge in [-0.3, -0.25) is 0 Å². The number of hydrogen-bond donors (Lipinski definition) is 2. The van der Waals surface area contributed by atoms with E-state index in [2.05, 4.69) is 11.8 Å². The summed E-state index contributed by atoms with van der Waals surface area (Å²) in [6.07, 6.45) is 15.8. The van der Waals surface area contributed by atoms with Gasteiger partial charge in [-0.2, -0.15) is 0 Å². The minimum Gasteiger partial charge on any atom is -0.376 e. The van der Waals surface area contributed by atoms with E-state index in [1.807, 2.05) is 0 Å². The van der Waals surface area contributed by atoms with Gasteiger partial charge in [0.25, 0.3) is 0 Å². The highest BCUT2D eigenvalue weighted by Gasteiger charge is 2.14. The normalized spacial score (nSPS) is 18.9. The van der Waals surface area contributed by atoms with E-state index >= 15 is 0 Å². The number of rotatable bonds is 2. The Labute approximate surface area is 89.6 Å². The highest BCUT2D eigenvalue weighted by molar-refractivity contribution is 5.37. The second-order valence-electron chi connectivity index (χ2n) is 3.18. The number of terminal acetylenes is 2. The van der Waals surface area contributed by atoms with Crippen LogP contribution in [0.2, 0.25) is 0 Å².